The molecular formula is C20H25N5O4S. The summed E-state index contributed by atoms with van der Waals surface area (Å²) in [7, 11) is -3.58. The molecule has 2 aromatic rings. The third-order valence-corrected chi connectivity index (χ3v) is 7.51. The van der Waals surface area contributed by atoms with Gasteiger partial charge in [0.15, 0.2) is 15.5 Å². The summed E-state index contributed by atoms with van der Waals surface area (Å²) in [6.07, 6.45) is 7.30. The molecule has 0 saturated heterocycles. The second kappa shape index (κ2) is 6.79. The SMILES string of the molecule is C[C@@]1(CO)Cn2ncc(S(N)(=O)=NC(=O)Nc3c4c(cc5c3CCC5)CCC4)c2O1. The summed E-state index contributed by atoms with van der Waals surface area (Å²) in [5.74, 6) is 0.178. The van der Waals surface area contributed by atoms with E-state index in [1.54, 1.807) is 6.92 Å². The van der Waals surface area contributed by atoms with Crippen LogP contribution in [-0.2, 0) is 42.1 Å². The molecule has 2 heterocycles. The first kappa shape index (κ1) is 19.5. The van der Waals surface area contributed by atoms with Crippen LogP contribution in [0, 0.1) is 0 Å². The predicted octanol–water partition coefficient (Wildman–Crippen LogP) is 1.94. The van der Waals surface area contributed by atoms with Crippen molar-refractivity contribution in [1.29, 1.82) is 0 Å². The minimum atomic E-state index is -3.58. The predicted molar refractivity (Wildman–Crippen MR) is 111 cm³/mol. The van der Waals surface area contributed by atoms with Crippen molar-refractivity contribution in [3.05, 3.63) is 34.5 Å². The summed E-state index contributed by atoms with van der Waals surface area (Å²) in [6.45, 7) is 1.77. The Bertz CT molecular complexity index is 1150. The van der Waals surface area contributed by atoms with E-state index in [-0.39, 0.29) is 17.4 Å². The van der Waals surface area contributed by atoms with Gasteiger partial charge in [-0.1, -0.05) is 6.07 Å². The van der Waals surface area contributed by atoms with Gasteiger partial charge in [0.1, 0.15) is 4.90 Å². The fraction of sp³-hybridized carbons (Fsp3) is 0.500. The van der Waals surface area contributed by atoms with Gasteiger partial charge < -0.3 is 15.2 Å². The number of ether oxygens (including phenoxy) is 1. The number of fused-ring (bicyclic) bond motifs is 3. The molecule has 2 atom stereocenters. The van der Waals surface area contributed by atoms with Crippen LogP contribution in [0.4, 0.5) is 10.5 Å². The highest BCUT2D eigenvalue weighted by Gasteiger charge is 2.39. The molecule has 30 heavy (non-hydrogen) atoms. The quantitative estimate of drug-likeness (QED) is 0.683. The topological polar surface area (TPSA) is 132 Å². The van der Waals surface area contributed by atoms with Gasteiger partial charge in [-0.05, 0) is 67.7 Å². The van der Waals surface area contributed by atoms with E-state index >= 15 is 0 Å². The second-order valence-electron chi connectivity index (χ2n) is 8.51. The number of aryl methyl sites for hydroxylation is 2. The Hall–Kier alpha value is -2.43. The van der Waals surface area contributed by atoms with Crippen molar-refractivity contribution < 1.29 is 18.8 Å². The molecule has 0 fully saturated rings. The standard InChI is InChI=1S/C20H25N5O4S/c1-20(11-26)10-25-18(29-20)16(9-22-25)30(21,28)24-19(27)23-17-14-6-2-4-12(14)8-13-5-3-7-15(13)17/h8-9,26H,2-7,10-11H2,1H3,(H3,21,23,24,27,28)/t20-,30?/m0/s1. The minimum Gasteiger partial charge on any atom is -0.466 e. The molecule has 9 nitrogen and oxygen atoms in total. The number of rotatable bonds is 3. The summed E-state index contributed by atoms with van der Waals surface area (Å²) >= 11 is 0. The van der Waals surface area contributed by atoms with E-state index in [0.29, 0.717) is 6.54 Å². The van der Waals surface area contributed by atoms with Gasteiger partial charge in [-0.2, -0.15) is 5.10 Å². The smallest absolute Gasteiger partial charge is 0.354 e. The number of aliphatic hydroxyl groups is 1. The van der Waals surface area contributed by atoms with E-state index < -0.39 is 21.5 Å². The average Bonchev–Trinajstić information content (AvgIpc) is 3.43. The van der Waals surface area contributed by atoms with E-state index in [1.165, 1.54) is 22.0 Å². The molecule has 0 radical (unpaired) electrons. The molecule has 1 aliphatic heterocycles. The Morgan fingerprint density at radius 1 is 1.33 bits per heavy atom. The first-order chi connectivity index (χ1) is 14.3. The highest BCUT2D eigenvalue weighted by molar-refractivity contribution is 7.91. The summed E-state index contributed by atoms with van der Waals surface area (Å²) in [4.78, 5) is 12.8. The zero-order chi connectivity index (χ0) is 21.1. The number of aliphatic hydroxyl groups excluding tert-OH is 1. The maximum absolute atomic E-state index is 13.1. The van der Waals surface area contributed by atoms with Crippen molar-refractivity contribution in [1.82, 2.24) is 9.78 Å². The number of aromatic nitrogens is 2. The van der Waals surface area contributed by atoms with E-state index in [9.17, 15) is 14.1 Å². The molecule has 0 bridgehead atoms. The summed E-state index contributed by atoms with van der Waals surface area (Å²) < 4.78 is 24.1. The van der Waals surface area contributed by atoms with Gasteiger partial charge in [0.2, 0.25) is 5.88 Å². The number of amides is 2. The number of benzene rings is 1. The molecular weight excluding hydrogens is 406 g/mol. The van der Waals surface area contributed by atoms with Crippen molar-refractivity contribution in [2.45, 2.75) is 62.5 Å². The first-order valence-electron chi connectivity index (χ1n) is 10.2. The molecule has 1 aromatic heterocycles. The Kier molecular flexibility index (Phi) is 4.42. The van der Waals surface area contributed by atoms with Gasteiger partial charge >= 0.3 is 6.03 Å². The molecule has 1 aromatic carbocycles. The summed E-state index contributed by atoms with van der Waals surface area (Å²) in [5.41, 5.74) is 4.84. The van der Waals surface area contributed by atoms with Crippen molar-refractivity contribution in [2.75, 3.05) is 11.9 Å². The van der Waals surface area contributed by atoms with Crippen LogP contribution >= 0.6 is 0 Å². The first-order valence-corrected chi connectivity index (χ1v) is 11.8. The van der Waals surface area contributed by atoms with Crippen LogP contribution in [0.2, 0.25) is 0 Å². The van der Waals surface area contributed by atoms with Crippen LogP contribution in [0.1, 0.15) is 42.0 Å². The molecule has 1 unspecified atom stereocenters. The third kappa shape index (κ3) is 3.10. The lowest BCUT2D eigenvalue weighted by atomic mass is 9.99. The van der Waals surface area contributed by atoms with Crippen molar-refractivity contribution in [3.8, 4) is 5.88 Å². The lowest BCUT2D eigenvalue weighted by Gasteiger charge is -2.19. The van der Waals surface area contributed by atoms with Crippen LogP contribution in [0.3, 0.4) is 0 Å². The van der Waals surface area contributed by atoms with Crippen molar-refractivity contribution in [3.63, 3.8) is 0 Å². The van der Waals surface area contributed by atoms with Gasteiger partial charge in [0.25, 0.3) is 0 Å². The molecule has 10 heteroatoms. The lowest BCUT2D eigenvalue weighted by Crippen LogP contribution is -2.35. The van der Waals surface area contributed by atoms with Crippen LogP contribution in [-0.4, -0.2) is 37.3 Å². The molecule has 4 N–H and O–H groups in total. The molecule has 160 valence electrons. The molecule has 5 rings (SSSR count). The Labute approximate surface area is 174 Å². The number of urea groups is 1. The number of hydrogen-bond acceptors (Lipinski definition) is 5. The van der Waals surface area contributed by atoms with Gasteiger partial charge in [-0.15, -0.1) is 4.36 Å². The summed E-state index contributed by atoms with van der Waals surface area (Å²) in [5, 5.41) is 22.5. The molecule has 0 saturated carbocycles. The largest absolute Gasteiger partial charge is 0.466 e. The van der Waals surface area contributed by atoms with E-state index in [0.717, 1.165) is 55.3 Å². The zero-order valence-corrected chi connectivity index (χ0v) is 17.6. The normalized spacial score (nSPS) is 23.3. The molecule has 2 amide bonds. The number of hydrogen-bond donors (Lipinski definition) is 3. The Morgan fingerprint density at radius 3 is 2.63 bits per heavy atom. The highest BCUT2D eigenvalue weighted by atomic mass is 32.2. The third-order valence-electron chi connectivity index (χ3n) is 6.16. The lowest BCUT2D eigenvalue weighted by molar-refractivity contribution is 0.0399. The van der Waals surface area contributed by atoms with Gasteiger partial charge in [-0.3, -0.25) is 0 Å². The number of carbonyl (C=O) groups is 1. The number of carbonyl (C=O) groups excluding carboxylic acids is 1. The van der Waals surface area contributed by atoms with Crippen LogP contribution in [0.25, 0.3) is 0 Å². The van der Waals surface area contributed by atoms with Crippen LogP contribution < -0.4 is 15.2 Å². The van der Waals surface area contributed by atoms with E-state index in [4.69, 9.17) is 9.88 Å². The molecule has 0 spiro atoms. The Balaban J connectivity index is 1.47. The van der Waals surface area contributed by atoms with Crippen LogP contribution in [0.15, 0.2) is 21.5 Å². The zero-order valence-electron chi connectivity index (χ0n) is 16.8. The van der Waals surface area contributed by atoms with Crippen molar-refractivity contribution >= 4 is 21.6 Å². The number of nitrogens with two attached hydrogens (primary N) is 1. The number of anilines is 1. The van der Waals surface area contributed by atoms with Crippen molar-refractivity contribution in [2.24, 2.45) is 9.50 Å². The van der Waals surface area contributed by atoms with Crippen LogP contribution in [0.5, 0.6) is 5.88 Å². The molecule has 2 aliphatic carbocycles. The maximum Gasteiger partial charge on any atom is 0.354 e. The fourth-order valence-corrected chi connectivity index (χ4v) is 5.69. The highest BCUT2D eigenvalue weighted by Crippen LogP contribution is 2.39. The van der Waals surface area contributed by atoms with E-state index in [2.05, 4.69) is 20.8 Å². The number of nitrogens with zero attached hydrogens (tertiary/aromatic N) is 3. The monoisotopic (exact) mass is 431 g/mol. The van der Waals surface area contributed by atoms with Gasteiger partial charge in [-0.25, -0.2) is 18.8 Å². The number of nitrogens with one attached hydrogen (secondary N) is 1. The Morgan fingerprint density at radius 2 is 2.00 bits per heavy atom. The second-order valence-corrected chi connectivity index (χ2v) is 10.3. The van der Waals surface area contributed by atoms with Gasteiger partial charge in [0.05, 0.1) is 19.3 Å². The minimum absolute atomic E-state index is 0.0540. The fourth-order valence-electron chi connectivity index (χ4n) is 4.71. The summed E-state index contributed by atoms with van der Waals surface area (Å²) in [6, 6.07) is 1.54. The average molecular weight is 432 g/mol. The van der Waals surface area contributed by atoms with E-state index in [1.807, 2.05) is 0 Å². The van der Waals surface area contributed by atoms with Gasteiger partial charge in [0, 0.05) is 5.69 Å². The maximum atomic E-state index is 13.1. The molecule has 3 aliphatic rings.